The Bertz CT molecular complexity index is 896. The second-order valence-electron chi connectivity index (χ2n) is 8.15. The molecule has 1 aromatic carbocycles. The van der Waals surface area contributed by atoms with E-state index in [-0.39, 0.29) is 29.4 Å². The van der Waals surface area contributed by atoms with Crippen LogP contribution in [0.15, 0.2) is 36.5 Å². The predicted octanol–water partition coefficient (Wildman–Crippen LogP) is 5.14. The van der Waals surface area contributed by atoms with Crippen LogP contribution in [0.1, 0.15) is 52.0 Å². The molecule has 1 heterocycles. The third kappa shape index (κ3) is 5.28. The standard InChI is InChI=1S/C23H29N3O4/c1-16(2)26(22(27)19-11-9-17(3)10-12-19)21-20(30-23(28)29)15-25(24-21)14-13-18-7-5-4-6-8-18/h4-8,13-17,19H,9-12H2,1-3H3,(H,28,29)/b14-13+. The smallest absolute Gasteiger partial charge is 0.449 e. The van der Waals surface area contributed by atoms with Gasteiger partial charge in [0, 0.05) is 18.2 Å². The molecule has 1 fully saturated rings. The van der Waals surface area contributed by atoms with Crippen LogP contribution >= 0.6 is 0 Å². The molecule has 1 amide bonds. The maximum Gasteiger partial charge on any atom is 0.511 e. The Morgan fingerprint density at radius 3 is 2.47 bits per heavy atom. The summed E-state index contributed by atoms with van der Waals surface area (Å²) in [6.07, 6.45) is 7.33. The van der Waals surface area contributed by atoms with E-state index in [0.29, 0.717) is 5.92 Å². The Morgan fingerprint density at radius 2 is 1.87 bits per heavy atom. The van der Waals surface area contributed by atoms with Gasteiger partial charge in [-0.2, -0.15) is 0 Å². The average Bonchev–Trinajstić information content (AvgIpc) is 3.09. The second kappa shape index (κ2) is 9.61. The van der Waals surface area contributed by atoms with Crippen molar-refractivity contribution in [2.75, 3.05) is 4.90 Å². The molecule has 1 aliphatic rings. The van der Waals surface area contributed by atoms with Gasteiger partial charge in [0.05, 0.1) is 6.20 Å². The van der Waals surface area contributed by atoms with Crippen LogP contribution in [-0.2, 0) is 4.79 Å². The lowest BCUT2D eigenvalue weighted by Crippen LogP contribution is -2.42. The van der Waals surface area contributed by atoms with E-state index in [9.17, 15) is 9.59 Å². The number of hydrogen-bond donors (Lipinski definition) is 1. The minimum Gasteiger partial charge on any atom is -0.449 e. The molecule has 0 aliphatic heterocycles. The lowest BCUT2D eigenvalue weighted by atomic mass is 9.82. The molecule has 0 atom stereocenters. The number of hydrogen-bond acceptors (Lipinski definition) is 4. The molecule has 160 valence electrons. The molecular formula is C23H29N3O4. The van der Waals surface area contributed by atoms with Gasteiger partial charge >= 0.3 is 6.16 Å². The van der Waals surface area contributed by atoms with Crippen LogP contribution in [0.25, 0.3) is 12.3 Å². The fraction of sp³-hybridized carbons (Fsp3) is 0.435. The average molecular weight is 412 g/mol. The normalized spacial score (nSPS) is 19.2. The maximum atomic E-state index is 13.3. The minimum atomic E-state index is -1.44. The van der Waals surface area contributed by atoms with Gasteiger partial charge in [0.25, 0.3) is 0 Å². The second-order valence-corrected chi connectivity index (χ2v) is 8.15. The van der Waals surface area contributed by atoms with Crippen LogP contribution in [-0.4, -0.2) is 33.0 Å². The zero-order chi connectivity index (χ0) is 21.7. The SMILES string of the molecule is CC1CCC(C(=O)N(c2nn(/C=C/c3ccccc3)cc2OC(=O)O)C(C)C)CC1. The van der Waals surface area contributed by atoms with Gasteiger partial charge in [-0.3, -0.25) is 9.69 Å². The number of rotatable bonds is 6. The summed E-state index contributed by atoms with van der Waals surface area (Å²) in [6.45, 7) is 6.00. The van der Waals surface area contributed by atoms with E-state index in [1.165, 1.54) is 10.9 Å². The van der Waals surface area contributed by atoms with Crippen molar-refractivity contribution in [1.82, 2.24) is 9.78 Å². The number of ether oxygens (including phenoxy) is 1. The van der Waals surface area contributed by atoms with Gasteiger partial charge in [-0.1, -0.05) is 37.3 Å². The molecule has 3 rings (SSSR count). The van der Waals surface area contributed by atoms with Crippen molar-refractivity contribution in [3.05, 3.63) is 42.1 Å². The molecule has 0 spiro atoms. The summed E-state index contributed by atoms with van der Waals surface area (Å²) in [6, 6.07) is 9.50. The highest BCUT2D eigenvalue weighted by molar-refractivity contribution is 5.96. The Labute approximate surface area is 177 Å². The molecule has 1 aromatic heterocycles. The largest absolute Gasteiger partial charge is 0.511 e. The molecule has 0 unspecified atom stereocenters. The minimum absolute atomic E-state index is 0.0237. The van der Waals surface area contributed by atoms with Crippen molar-refractivity contribution in [3.63, 3.8) is 0 Å². The van der Waals surface area contributed by atoms with Crippen LogP contribution in [0, 0.1) is 11.8 Å². The van der Waals surface area contributed by atoms with Crippen molar-refractivity contribution in [3.8, 4) is 5.75 Å². The molecule has 0 bridgehead atoms. The number of carboxylic acid groups (broad SMARTS) is 1. The third-order valence-corrected chi connectivity index (χ3v) is 5.44. The van der Waals surface area contributed by atoms with E-state index in [1.54, 1.807) is 11.1 Å². The zero-order valence-electron chi connectivity index (χ0n) is 17.7. The van der Waals surface area contributed by atoms with Crippen molar-refractivity contribution < 1.29 is 19.4 Å². The quantitative estimate of drug-likeness (QED) is 0.666. The molecule has 7 heteroatoms. The molecule has 1 saturated carbocycles. The molecular weight excluding hydrogens is 382 g/mol. The number of amides is 1. The van der Waals surface area contributed by atoms with Crippen molar-refractivity contribution in [1.29, 1.82) is 0 Å². The van der Waals surface area contributed by atoms with Gasteiger partial charge in [0.15, 0.2) is 5.75 Å². The number of nitrogens with zero attached hydrogens (tertiary/aromatic N) is 3. The van der Waals surface area contributed by atoms with Crippen LogP contribution in [0.4, 0.5) is 10.6 Å². The van der Waals surface area contributed by atoms with Crippen molar-refractivity contribution in [2.24, 2.45) is 11.8 Å². The summed E-state index contributed by atoms with van der Waals surface area (Å²) in [5.41, 5.74) is 0.975. The first-order valence-corrected chi connectivity index (χ1v) is 10.4. The van der Waals surface area contributed by atoms with Crippen molar-refractivity contribution in [2.45, 2.75) is 52.5 Å². The monoisotopic (exact) mass is 411 g/mol. The lowest BCUT2D eigenvalue weighted by Gasteiger charge is -2.32. The topological polar surface area (TPSA) is 84.7 Å². The van der Waals surface area contributed by atoms with E-state index in [2.05, 4.69) is 12.0 Å². The van der Waals surface area contributed by atoms with Gasteiger partial charge in [0.1, 0.15) is 0 Å². The van der Waals surface area contributed by atoms with Gasteiger partial charge in [-0.15, -0.1) is 5.10 Å². The first-order valence-electron chi connectivity index (χ1n) is 10.4. The maximum absolute atomic E-state index is 13.3. The van der Waals surface area contributed by atoms with Crippen molar-refractivity contribution >= 4 is 30.2 Å². The molecule has 1 N–H and O–H groups in total. The molecule has 7 nitrogen and oxygen atoms in total. The summed E-state index contributed by atoms with van der Waals surface area (Å²) in [7, 11) is 0. The Hall–Kier alpha value is -3.09. The summed E-state index contributed by atoms with van der Waals surface area (Å²) >= 11 is 0. The summed E-state index contributed by atoms with van der Waals surface area (Å²) in [5.74, 6) is 0.811. The predicted molar refractivity (Wildman–Crippen MR) is 116 cm³/mol. The summed E-state index contributed by atoms with van der Waals surface area (Å²) < 4.78 is 6.45. The van der Waals surface area contributed by atoms with Gasteiger partial charge in [-0.25, -0.2) is 9.48 Å². The van der Waals surface area contributed by atoms with Gasteiger partial charge < -0.3 is 9.84 Å². The summed E-state index contributed by atoms with van der Waals surface area (Å²) in [5, 5.41) is 13.6. The highest BCUT2D eigenvalue weighted by atomic mass is 16.7. The number of carbonyl (C=O) groups excluding carboxylic acids is 1. The van der Waals surface area contributed by atoms with E-state index in [0.717, 1.165) is 31.2 Å². The fourth-order valence-corrected chi connectivity index (χ4v) is 3.81. The zero-order valence-corrected chi connectivity index (χ0v) is 17.7. The lowest BCUT2D eigenvalue weighted by molar-refractivity contribution is -0.124. The van der Waals surface area contributed by atoms with E-state index < -0.39 is 6.16 Å². The molecule has 0 saturated heterocycles. The Balaban J connectivity index is 1.91. The van der Waals surface area contributed by atoms with Crippen LogP contribution < -0.4 is 9.64 Å². The first kappa shape index (κ1) is 21.6. The van der Waals surface area contributed by atoms with Crippen LogP contribution in [0.2, 0.25) is 0 Å². The fourth-order valence-electron chi connectivity index (χ4n) is 3.81. The molecule has 0 radical (unpaired) electrons. The van der Waals surface area contributed by atoms with Gasteiger partial charge in [0.2, 0.25) is 11.7 Å². The highest BCUT2D eigenvalue weighted by Gasteiger charge is 2.33. The number of anilines is 1. The first-order chi connectivity index (χ1) is 14.3. The number of benzene rings is 1. The van der Waals surface area contributed by atoms with E-state index >= 15 is 0 Å². The summed E-state index contributed by atoms with van der Waals surface area (Å²) in [4.78, 5) is 26.1. The number of carbonyl (C=O) groups is 2. The Morgan fingerprint density at radius 1 is 1.20 bits per heavy atom. The highest BCUT2D eigenvalue weighted by Crippen LogP contribution is 2.34. The molecule has 30 heavy (non-hydrogen) atoms. The van der Waals surface area contributed by atoms with E-state index in [4.69, 9.17) is 9.84 Å². The van der Waals surface area contributed by atoms with E-state index in [1.807, 2.05) is 50.3 Å². The molecule has 2 aromatic rings. The third-order valence-electron chi connectivity index (χ3n) is 5.44. The van der Waals surface area contributed by atoms with Crippen LogP contribution in [0.5, 0.6) is 5.75 Å². The Kier molecular flexibility index (Phi) is 6.92. The van der Waals surface area contributed by atoms with Crippen LogP contribution in [0.3, 0.4) is 0 Å². The number of aromatic nitrogens is 2. The molecule has 1 aliphatic carbocycles. The van der Waals surface area contributed by atoms with Gasteiger partial charge in [-0.05, 0) is 57.1 Å².